The largest absolute Gasteiger partial charge is 0.311 e. The minimum absolute atomic E-state index is 0.510. The van der Waals surface area contributed by atoms with Gasteiger partial charge in [0.2, 0.25) is 0 Å². The summed E-state index contributed by atoms with van der Waals surface area (Å²) in [5.74, 6) is 0. The van der Waals surface area contributed by atoms with Crippen molar-refractivity contribution in [1.29, 1.82) is 0 Å². The van der Waals surface area contributed by atoms with E-state index in [1.807, 2.05) is 36.7 Å². The number of rotatable bonds is 2. The summed E-state index contributed by atoms with van der Waals surface area (Å²) >= 11 is 0. The number of hydrogen-bond donors (Lipinski definition) is 1. The van der Waals surface area contributed by atoms with Crippen LogP contribution in [-0.2, 0) is 0 Å². The maximum Gasteiger partial charge on any atom is 0.0924 e. The molecule has 2 aliphatic heterocycles. The zero-order valence-corrected chi connectivity index (χ0v) is 12.9. The molecule has 0 spiro atoms. The molecule has 1 N–H and O–H groups in total. The Balaban J connectivity index is 1.46. The molecular formula is C18H19N5. The number of hydrogen-bond acceptors (Lipinski definition) is 4. The summed E-state index contributed by atoms with van der Waals surface area (Å²) in [6.07, 6.45) is 10.9. The number of nitrogens with one attached hydrogen (secondary N) is 1. The van der Waals surface area contributed by atoms with Crippen LogP contribution in [-0.4, -0.2) is 31.8 Å². The Kier molecular flexibility index (Phi) is 2.94. The number of benzene rings is 1. The Bertz CT molecular complexity index is 843. The summed E-state index contributed by atoms with van der Waals surface area (Å²) in [5, 5.41) is 8.30. The van der Waals surface area contributed by atoms with Gasteiger partial charge in [0.25, 0.3) is 0 Å². The Morgan fingerprint density at radius 1 is 1.00 bits per heavy atom. The number of nitrogens with zero attached hydrogens (tertiary/aromatic N) is 4. The number of para-hydroxylation sites is 2. The van der Waals surface area contributed by atoms with E-state index >= 15 is 0 Å². The molecule has 3 aromatic rings. The van der Waals surface area contributed by atoms with E-state index in [4.69, 9.17) is 4.98 Å². The highest BCUT2D eigenvalue weighted by Crippen LogP contribution is 2.34. The zero-order valence-electron chi connectivity index (χ0n) is 12.9. The van der Waals surface area contributed by atoms with Crippen molar-refractivity contribution in [2.45, 2.75) is 43.8 Å². The van der Waals surface area contributed by atoms with Gasteiger partial charge in [-0.25, -0.2) is 4.98 Å². The van der Waals surface area contributed by atoms with Gasteiger partial charge in [-0.2, -0.15) is 5.10 Å². The Hall–Kier alpha value is -2.27. The third-order valence-electron chi connectivity index (χ3n) is 5.17. The molecule has 5 heteroatoms. The summed E-state index contributed by atoms with van der Waals surface area (Å²) in [6, 6.07) is 9.82. The van der Waals surface area contributed by atoms with Gasteiger partial charge in [0.05, 0.1) is 35.2 Å². The number of piperidine rings is 1. The lowest BCUT2D eigenvalue weighted by Gasteiger charge is -2.29. The van der Waals surface area contributed by atoms with E-state index in [9.17, 15) is 0 Å². The lowest BCUT2D eigenvalue weighted by atomic mass is 10.0. The van der Waals surface area contributed by atoms with Crippen LogP contribution in [0.3, 0.4) is 0 Å². The minimum Gasteiger partial charge on any atom is -0.311 e. The third-order valence-corrected chi connectivity index (χ3v) is 5.17. The molecule has 5 nitrogen and oxygen atoms in total. The summed E-state index contributed by atoms with van der Waals surface area (Å²) in [6.45, 7) is 0. The van der Waals surface area contributed by atoms with Crippen molar-refractivity contribution in [3.05, 3.63) is 42.9 Å². The standard InChI is InChI=1S/C18H19N5/c1-2-4-17-16(3-1)19-10-18(22-17)12-9-20-23(11-12)15-7-13-5-6-14(8-15)21-13/h1-4,9-11,13-15,21H,5-8H2. The van der Waals surface area contributed by atoms with Crippen LogP contribution in [0.2, 0.25) is 0 Å². The molecular weight excluding hydrogens is 286 g/mol. The van der Waals surface area contributed by atoms with Gasteiger partial charge in [-0.3, -0.25) is 9.67 Å². The van der Waals surface area contributed by atoms with Crippen molar-refractivity contribution < 1.29 is 0 Å². The first-order chi connectivity index (χ1) is 11.3. The Morgan fingerprint density at radius 3 is 2.61 bits per heavy atom. The minimum atomic E-state index is 0.510. The van der Waals surface area contributed by atoms with Crippen molar-refractivity contribution >= 4 is 11.0 Å². The first-order valence-corrected chi connectivity index (χ1v) is 8.37. The average molecular weight is 305 g/mol. The molecule has 2 unspecified atom stereocenters. The lowest BCUT2D eigenvalue weighted by molar-refractivity contribution is 0.281. The van der Waals surface area contributed by atoms with Crippen LogP contribution in [0.4, 0.5) is 0 Å². The van der Waals surface area contributed by atoms with Gasteiger partial charge >= 0.3 is 0 Å². The summed E-state index contributed by atoms with van der Waals surface area (Å²) in [7, 11) is 0. The van der Waals surface area contributed by atoms with Crippen molar-refractivity contribution in [2.24, 2.45) is 0 Å². The first kappa shape index (κ1) is 13.2. The molecule has 0 radical (unpaired) electrons. The first-order valence-electron chi connectivity index (χ1n) is 8.37. The molecule has 0 amide bonds. The lowest BCUT2D eigenvalue weighted by Crippen LogP contribution is -2.38. The normalized spacial score (nSPS) is 26.7. The zero-order chi connectivity index (χ0) is 15.2. The number of fused-ring (bicyclic) bond motifs is 3. The van der Waals surface area contributed by atoms with Crippen LogP contribution in [0, 0.1) is 0 Å². The maximum atomic E-state index is 4.72. The monoisotopic (exact) mass is 305 g/mol. The van der Waals surface area contributed by atoms with Crippen molar-refractivity contribution in [2.75, 3.05) is 0 Å². The molecule has 2 saturated heterocycles. The quantitative estimate of drug-likeness (QED) is 0.791. The van der Waals surface area contributed by atoms with Crippen LogP contribution in [0.5, 0.6) is 0 Å². The highest BCUT2D eigenvalue weighted by molar-refractivity contribution is 5.76. The molecule has 23 heavy (non-hydrogen) atoms. The molecule has 2 fully saturated rings. The van der Waals surface area contributed by atoms with Crippen molar-refractivity contribution in [3.63, 3.8) is 0 Å². The van der Waals surface area contributed by atoms with E-state index in [0.717, 1.165) is 22.3 Å². The van der Waals surface area contributed by atoms with Crippen molar-refractivity contribution in [3.8, 4) is 11.3 Å². The van der Waals surface area contributed by atoms with E-state index in [-0.39, 0.29) is 0 Å². The molecule has 5 rings (SSSR count). The fourth-order valence-corrected chi connectivity index (χ4v) is 4.01. The second kappa shape index (κ2) is 5.13. The van der Waals surface area contributed by atoms with Crippen LogP contribution in [0.15, 0.2) is 42.9 Å². The molecule has 2 aliphatic rings. The maximum absolute atomic E-state index is 4.72. The van der Waals surface area contributed by atoms with Crippen LogP contribution < -0.4 is 5.32 Å². The van der Waals surface area contributed by atoms with E-state index in [1.165, 1.54) is 25.7 Å². The second-order valence-corrected chi connectivity index (χ2v) is 6.72. The molecule has 2 atom stereocenters. The fraction of sp³-hybridized carbons (Fsp3) is 0.389. The Labute approximate surface area is 134 Å². The second-order valence-electron chi connectivity index (χ2n) is 6.72. The van der Waals surface area contributed by atoms with E-state index in [0.29, 0.717) is 18.1 Å². The molecule has 2 aromatic heterocycles. The van der Waals surface area contributed by atoms with E-state index < -0.39 is 0 Å². The Morgan fingerprint density at radius 2 is 1.78 bits per heavy atom. The van der Waals surface area contributed by atoms with Crippen LogP contribution in [0.25, 0.3) is 22.3 Å². The van der Waals surface area contributed by atoms with E-state index in [2.05, 4.69) is 26.3 Å². The molecule has 1 aromatic carbocycles. The topological polar surface area (TPSA) is 55.6 Å². The van der Waals surface area contributed by atoms with Gasteiger partial charge < -0.3 is 5.32 Å². The molecule has 4 heterocycles. The SMILES string of the molecule is c1ccc2nc(-c3cnn(C4CC5CCC(C4)N5)c3)cnc2c1. The molecule has 2 bridgehead atoms. The van der Waals surface area contributed by atoms with Gasteiger partial charge in [-0.1, -0.05) is 12.1 Å². The third kappa shape index (κ3) is 2.32. The van der Waals surface area contributed by atoms with Gasteiger partial charge in [0, 0.05) is 23.8 Å². The molecule has 0 saturated carbocycles. The summed E-state index contributed by atoms with van der Waals surface area (Å²) < 4.78 is 2.14. The van der Waals surface area contributed by atoms with Crippen LogP contribution in [0.1, 0.15) is 31.7 Å². The van der Waals surface area contributed by atoms with Crippen molar-refractivity contribution in [1.82, 2.24) is 25.1 Å². The highest BCUT2D eigenvalue weighted by Gasteiger charge is 2.34. The van der Waals surface area contributed by atoms with Crippen LogP contribution >= 0.6 is 0 Å². The van der Waals surface area contributed by atoms with Gasteiger partial charge in [0.15, 0.2) is 0 Å². The average Bonchev–Trinajstić information content (AvgIpc) is 3.21. The van der Waals surface area contributed by atoms with E-state index in [1.54, 1.807) is 0 Å². The predicted octanol–water partition coefficient (Wildman–Crippen LogP) is 2.95. The van der Waals surface area contributed by atoms with Gasteiger partial charge in [-0.05, 0) is 37.8 Å². The predicted molar refractivity (Wildman–Crippen MR) is 89.0 cm³/mol. The summed E-state index contributed by atoms with van der Waals surface area (Å²) in [4.78, 5) is 9.22. The van der Waals surface area contributed by atoms with Gasteiger partial charge in [0.1, 0.15) is 0 Å². The summed E-state index contributed by atoms with van der Waals surface area (Å²) in [5.41, 5.74) is 3.80. The fourth-order valence-electron chi connectivity index (χ4n) is 4.01. The molecule has 0 aliphatic carbocycles. The highest BCUT2D eigenvalue weighted by atomic mass is 15.3. The smallest absolute Gasteiger partial charge is 0.0924 e. The van der Waals surface area contributed by atoms with Gasteiger partial charge in [-0.15, -0.1) is 0 Å². The number of aromatic nitrogens is 4. The molecule has 116 valence electrons.